The standard InChI is InChI=1S/C20H23N3O2S/c1-24-19-7-6-15(11-20(19)25-2)18-12-16-13-22(8-4-9-23(16)21-18)14-17-5-3-10-26-17/h3,5-7,10-12H,4,8-9,13-14H2,1-2H3. The lowest BCUT2D eigenvalue weighted by atomic mass is 10.1. The monoisotopic (exact) mass is 369 g/mol. The number of aromatic nitrogens is 2. The second kappa shape index (κ2) is 7.51. The van der Waals surface area contributed by atoms with Gasteiger partial charge >= 0.3 is 0 Å². The van der Waals surface area contributed by atoms with E-state index in [1.165, 1.54) is 10.6 Å². The summed E-state index contributed by atoms with van der Waals surface area (Å²) in [6.45, 7) is 4.00. The maximum Gasteiger partial charge on any atom is 0.161 e. The summed E-state index contributed by atoms with van der Waals surface area (Å²) in [5.41, 5.74) is 3.30. The molecule has 1 aromatic carbocycles. The van der Waals surface area contributed by atoms with Gasteiger partial charge in [0.15, 0.2) is 11.5 Å². The second-order valence-corrected chi connectivity index (χ2v) is 7.49. The minimum atomic E-state index is 0.729. The molecule has 0 spiro atoms. The number of hydrogen-bond acceptors (Lipinski definition) is 5. The molecular weight excluding hydrogens is 346 g/mol. The van der Waals surface area contributed by atoms with Crippen LogP contribution in [0.25, 0.3) is 11.3 Å². The van der Waals surface area contributed by atoms with Gasteiger partial charge in [-0.1, -0.05) is 6.07 Å². The van der Waals surface area contributed by atoms with Gasteiger partial charge in [0.05, 0.1) is 25.6 Å². The summed E-state index contributed by atoms with van der Waals surface area (Å²) in [6, 6.07) is 12.5. The van der Waals surface area contributed by atoms with Crippen molar-refractivity contribution >= 4 is 11.3 Å². The number of ether oxygens (including phenoxy) is 2. The normalized spacial score (nSPS) is 14.7. The van der Waals surface area contributed by atoms with Crippen LogP contribution in [0.1, 0.15) is 17.0 Å². The molecule has 1 aliphatic heterocycles. The summed E-state index contributed by atoms with van der Waals surface area (Å²) in [6.07, 6.45) is 1.12. The number of hydrogen-bond donors (Lipinski definition) is 0. The van der Waals surface area contributed by atoms with E-state index in [4.69, 9.17) is 14.6 Å². The topological polar surface area (TPSA) is 39.5 Å². The molecule has 0 atom stereocenters. The van der Waals surface area contributed by atoms with Gasteiger partial charge in [0.1, 0.15) is 0 Å². The molecule has 6 heteroatoms. The van der Waals surface area contributed by atoms with Crippen LogP contribution in [0.3, 0.4) is 0 Å². The molecule has 0 saturated carbocycles. The second-order valence-electron chi connectivity index (χ2n) is 6.46. The predicted octanol–water partition coefficient (Wildman–Crippen LogP) is 4.03. The van der Waals surface area contributed by atoms with Gasteiger partial charge in [-0.3, -0.25) is 9.58 Å². The fourth-order valence-corrected chi connectivity index (χ4v) is 4.17. The molecule has 4 rings (SSSR count). The molecule has 0 bridgehead atoms. The number of nitrogens with zero attached hydrogens (tertiary/aromatic N) is 3. The summed E-state index contributed by atoms with van der Waals surface area (Å²) < 4.78 is 12.9. The fraction of sp³-hybridized carbons (Fsp3) is 0.350. The zero-order valence-electron chi connectivity index (χ0n) is 15.1. The van der Waals surface area contributed by atoms with Crippen LogP contribution in [-0.4, -0.2) is 35.4 Å². The summed E-state index contributed by atoms with van der Waals surface area (Å²) in [5, 5.41) is 6.99. The lowest BCUT2D eigenvalue weighted by Crippen LogP contribution is -2.22. The van der Waals surface area contributed by atoms with E-state index in [0.717, 1.165) is 55.4 Å². The van der Waals surface area contributed by atoms with E-state index in [-0.39, 0.29) is 0 Å². The van der Waals surface area contributed by atoms with Crippen molar-refractivity contribution in [3.8, 4) is 22.8 Å². The Bertz CT molecular complexity index is 873. The highest BCUT2D eigenvalue weighted by Crippen LogP contribution is 2.32. The molecule has 136 valence electrons. The summed E-state index contributed by atoms with van der Waals surface area (Å²) in [5.74, 6) is 1.46. The van der Waals surface area contributed by atoms with Crippen LogP contribution in [0, 0.1) is 0 Å². The van der Waals surface area contributed by atoms with Crippen molar-refractivity contribution in [1.29, 1.82) is 0 Å². The van der Waals surface area contributed by atoms with E-state index < -0.39 is 0 Å². The quantitative estimate of drug-likeness (QED) is 0.681. The van der Waals surface area contributed by atoms with E-state index in [1.54, 1.807) is 14.2 Å². The van der Waals surface area contributed by atoms with Crippen LogP contribution in [0.15, 0.2) is 41.8 Å². The molecule has 2 aromatic heterocycles. The Morgan fingerprint density at radius 2 is 1.96 bits per heavy atom. The maximum atomic E-state index is 5.43. The van der Waals surface area contributed by atoms with E-state index in [2.05, 4.69) is 33.2 Å². The molecule has 3 heterocycles. The molecule has 0 radical (unpaired) electrons. The first kappa shape index (κ1) is 17.1. The average Bonchev–Trinajstić information content (AvgIpc) is 3.27. The van der Waals surface area contributed by atoms with E-state index >= 15 is 0 Å². The smallest absolute Gasteiger partial charge is 0.161 e. The van der Waals surface area contributed by atoms with Crippen LogP contribution in [0.2, 0.25) is 0 Å². The highest BCUT2D eigenvalue weighted by molar-refractivity contribution is 7.09. The van der Waals surface area contributed by atoms with E-state index in [9.17, 15) is 0 Å². The maximum absolute atomic E-state index is 5.43. The zero-order chi connectivity index (χ0) is 17.9. The van der Waals surface area contributed by atoms with Gasteiger partial charge in [-0.15, -0.1) is 11.3 Å². The summed E-state index contributed by atoms with van der Waals surface area (Å²) in [4.78, 5) is 3.92. The summed E-state index contributed by atoms with van der Waals surface area (Å²) in [7, 11) is 3.31. The van der Waals surface area contributed by atoms with Crippen molar-refractivity contribution < 1.29 is 9.47 Å². The third kappa shape index (κ3) is 3.48. The van der Waals surface area contributed by atoms with E-state index in [0.29, 0.717) is 0 Å². The van der Waals surface area contributed by atoms with Crippen LogP contribution in [0.5, 0.6) is 11.5 Å². The highest BCUT2D eigenvalue weighted by atomic mass is 32.1. The number of rotatable bonds is 5. The number of thiophene rings is 1. The number of fused-ring (bicyclic) bond motifs is 1. The SMILES string of the molecule is COc1ccc(-c2cc3n(n2)CCCN(Cc2cccs2)C3)cc1OC. The summed E-state index contributed by atoms with van der Waals surface area (Å²) >= 11 is 1.82. The first-order valence-electron chi connectivity index (χ1n) is 8.80. The first-order chi connectivity index (χ1) is 12.8. The van der Waals surface area contributed by atoms with Crippen LogP contribution < -0.4 is 9.47 Å². The van der Waals surface area contributed by atoms with Gasteiger partial charge in [0.25, 0.3) is 0 Å². The Morgan fingerprint density at radius 3 is 2.73 bits per heavy atom. The Morgan fingerprint density at radius 1 is 1.08 bits per heavy atom. The molecule has 1 aliphatic rings. The Labute approximate surface area is 157 Å². The molecule has 0 amide bonds. The van der Waals surface area contributed by atoms with Crippen LogP contribution in [-0.2, 0) is 19.6 Å². The average molecular weight is 369 g/mol. The third-order valence-electron chi connectivity index (χ3n) is 4.73. The van der Waals surface area contributed by atoms with Crippen molar-refractivity contribution in [2.75, 3.05) is 20.8 Å². The Hall–Kier alpha value is -2.31. The van der Waals surface area contributed by atoms with Crippen molar-refractivity contribution in [1.82, 2.24) is 14.7 Å². The van der Waals surface area contributed by atoms with Gasteiger partial charge in [0.2, 0.25) is 0 Å². The third-order valence-corrected chi connectivity index (χ3v) is 5.59. The lowest BCUT2D eigenvalue weighted by Gasteiger charge is -2.18. The Balaban J connectivity index is 1.58. The molecule has 0 N–H and O–H groups in total. The van der Waals surface area contributed by atoms with Gasteiger partial charge < -0.3 is 9.47 Å². The predicted molar refractivity (Wildman–Crippen MR) is 104 cm³/mol. The van der Waals surface area contributed by atoms with Crippen LogP contribution in [0.4, 0.5) is 0 Å². The molecular formula is C20H23N3O2S. The van der Waals surface area contributed by atoms with Crippen molar-refractivity contribution in [2.45, 2.75) is 26.1 Å². The molecule has 0 fully saturated rings. The molecule has 3 aromatic rings. The molecule has 0 saturated heterocycles. The van der Waals surface area contributed by atoms with Crippen LogP contribution >= 0.6 is 11.3 Å². The highest BCUT2D eigenvalue weighted by Gasteiger charge is 2.18. The van der Waals surface area contributed by atoms with Crippen molar-refractivity contribution in [2.24, 2.45) is 0 Å². The Kier molecular flexibility index (Phi) is 4.95. The van der Waals surface area contributed by atoms with Gasteiger partial charge in [0, 0.05) is 36.6 Å². The minimum absolute atomic E-state index is 0.729. The molecule has 5 nitrogen and oxygen atoms in total. The number of methoxy groups -OCH3 is 2. The number of benzene rings is 1. The largest absolute Gasteiger partial charge is 0.493 e. The first-order valence-corrected chi connectivity index (χ1v) is 9.68. The molecule has 0 aliphatic carbocycles. The number of aryl methyl sites for hydroxylation is 1. The van der Waals surface area contributed by atoms with Gasteiger partial charge in [-0.25, -0.2) is 0 Å². The van der Waals surface area contributed by atoms with Crippen molar-refractivity contribution in [3.05, 3.63) is 52.3 Å². The van der Waals surface area contributed by atoms with Crippen molar-refractivity contribution in [3.63, 3.8) is 0 Å². The van der Waals surface area contributed by atoms with Gasteiger partial charge in [-0.05, 0) is 42.1 Å². The minimum Gasteiger partial charge on any atom is -0.493 e. The van der Waals surface area contributed by atoms with E-state index in [1.807, 2.05) is 29.5 Å². The zero-order valence-corrected chi connectivity index (χ0v) is 16.0. The molecule has 26 heavy (non-hydrogen) atoms. The van der Waals surface area contributed by atoms with Gasteiger partial charge in [-0.2, -0.15) is 5.10 Å². The fourth-order valence-electron chi connectivity index (χ4n) is 3.42. The molecule has 0 unspecified atom stereocenters. The lowest BCUT2D eigenvalue weighted by molar-refractivity contribution is 0.263.